The number of halogens is 1. The molecule has 3 rings (SSSR count). The number of pyridine rings is 1. The molecule has 0 saturated heterocycles. The third kappa shape index (κ3) is 2.69. The molecule has 3 nitrogen and oxygen atoms in total. The third-order valence-electron chi connectivity index (χ3n) is 3.26. The van der Waals surface area contributed by atoms with Crippen molar-refractivity contribution in [3.63, 3.8) is 0 Å². The van der Waals surface area contributed by atoms with Crippen LogP contribution in [-0.4, -0.2) is 12.1 Å². The first-order valence-electron chi connectivity index (χ1n) is 6.52. The summed E-state index contributed by atoms with van der Waals surface area (Å²) < 4.78 is 5.17. The first-order valence-corrected chi connectivity index (χ1v) is 7.77. The van der Waals surface area contributed by atoms with E-state index in [1.165, 1.54) is 0 Å². The Balaban J connectivity index is 2.18. The number of hydrogen-bond acceptors (Lipinski definition) is 4. The minimum atomic E-state index is 0.221. The molecule has 0 fully saturated rings. The molecule has 0 atom stereocenters. The van der Waals surface area contributed by atoms with Crippen LogP contribution in [0.2, 0.25) is 5.15 Å². The molecule has 2 heterocycles. The van der Waals surface area contributed by atoms with Crippen LogP contribution in [0.5, 0.6) is 5.75 Å². The molecule has 2 aromatic heterocycles. The molecule has 3 aromatic rings. The lowest BCUT2D eigenvalue weighted by Crippen LogP contribution is -1.92. The van der Waals surface area contributed by atoms with E-state index in [0.717, 1.165) is 27.4 Å². The monoisotopic (exact) mass is 326 g/mol. The quantitative estimate of drug-likeness (QED) is 0.635. The molecule has 0 radical (unpaired) electrons. The highest BCUT2D eigenvalue weighted by atomic mass is 35.5. The van der Waals surface area contributed by atoms with Crippen molar-refractivity contribution < 1.29 is 4.74 Å². The van der Waals surface area contributed by atoms with Crippen molar-refractivity contribution >= 4 is 22.9 Å². The SMILES string of the molecule is COc1ccc(-c2cc(-c3cccs3)nc(Cl)c2C#N)cc1. The van der Waals surface area contributed by atoms with E-state index in [0.29, 0.717) is 5.56 Å². The van der Waals surface area contributed by atoms with Gasteiger partial charge in [-0.1, -0.05) is 29.8 Å². The third-order valence-corrected chi connectivity index (χ3v) is 4.43. The Hall–Kier alpha value is -2.35. The summed E-state index contributed by atoms with van der Waals surface area (Å²) in [5, 5.41) is 11.6. The van der Waals surface area contributed by atoms with Gasteiger partial charge in [0.15, 0.2) is 0 Å². The van der Waals surface area contributed by atoms with Crippen LogP contribution < -0.4 is 4.74 Å². The Kier molecular flexibility index (Phi) is 4.10. The van der Waals surface area contributed by atoms with E-state index in [-0.39, 0.29) is 5.15 Å². The number of thiophene rings is 1. The van der Waals surface area contributed by atoms with Crippen molar-refractivity contribution in [2.24, 2.45) is 0 Å². The first kappa shape index (κ1) is 14.6. The Labute approximate surface area is 137 Å². The second kappa shape index (κ2) is 6.18. The number of rotatable bonds is 3. The molecule has 0 saturated carbocycles. The topological polar surface area (TPSA) is 45.9 Å². The van der Waals surface area contributed by atoms with Gasteiger partial charge < -0.3 is 4.74 Å². The average molecular weight is 327 g/mol. The number of nitrogens with zero attached hydrogens (tertiary/aromatic N) is 2. The van der Waals surface area contributed by atoms with E-state index in [1.54, 1.807) is 18.4 Å². The minimum absolute atomic E-state index is 0.221. The standard InChI is InChI=1S/C17H11ClN2OS/c1-21-12-6-4-11(5-7-12)13-9-15(16-3-2-8-22-16)20-17(18)14(13)10-19/h2-9H,1H3. The van der Waals surface area contributed by atoms with Crippen LogP contribution in [0.1, 0.15) is 5.56 Å². The van der Waals surface area contributed by atoms with E-state index < -0.39 is 0 Å². The molecule has 0 aliphatic carbocycles. The highest BCUT2D eigenvalue weighted by Gasteiger charge is 2.14. The zero-order chi connectivity index (χ0) is 15.5. The smallest absolute Gasteiger partial charge is 0.148 e. The maximum atomic E-state index is 9.39. The van der Waals surface area contributed by atoms with Gasteiger partial charge in [0.25, 0.3) is 0 Å². The molecule has 0 unspecified atom stereocenters. The second-order valence-corrected chi connectivity index (χ2v) is 5.84. The predicted molar refractivity (Wildman–Crippen MR) is 89.3 cm³/mol. The number of ether oxygens (including phenoxy) is 1. The van der Waals surface area contributed by atoms with E-state index in [9.17, 15) is 5.26 Å². The molecule has 0 spiro atoms. The van der Waals surface area contributed by atoms with Crippen molar-refractivity contribution in [3.8, 4) is 33.5 Å². The lowest BCUT2D eigenvalue weighted by atomic mass is 10.0. The molecule has 0 aliphatic rings. The zero-order valence-electron chi connectivity index (χ0n) is 11.7. The van der Waals surface area contributed by atoms with Gasteiger partial charge in [-0.05, 0) is 35.2 Å². The Bertz CT molecular complexity index is 836. The van der Waals surface area contributed by atoms with E-state index in [1.807, 2.05) is 47.8 Å². The summed E-state index contributed by atoms with van der Waals surface area (Å²) in [6.07, 6.45) is 0. The van der Waals surface area contributed by atoms with Gasteiger partial charge in [0.1, 0.15) is 17.0 Å². The molecule has 0 amide bonds. The summed E-state index contributed by atoms with van der Waals surface area (Å²) >= 11 is 7.79. The zero-order valence-corrected chi connectivity index (χ0v) is 13.3. The normalized spacial score (nSPS) is 10.2. The summed E-state index contributed by atoms with van der Waals surface area (Å²) in [6.45, 7) is 0. The van der Waals surface area contributed by atoms with Crippen molar-refractivity contribution in [2.75, 3.05) is 7.11 Å². The number of methoxy groups -OCH3 is 1. The Morgan fingerprint density at radius 2 is 2.00 bits per heavy atom. The van der Waals surface area contributed by atoms with E-state index >= 15 is 0 Å². The summed E-state index contributed by atoms with van der Waals surface area (Å²) in [5.41, 5.74) is 2.82. The van der Waals surface area contributed by atoms with Crippen LogP contribution in [0.25, 0.3) is 21.7 Å². The summed E-state index contributed by atoms with van der Waals surface area (Å²) in [4.78, 5) is 5.35. The summed E-state index contributed by atoms with van der Waals surface area (Å²) in [6, 6.07) is 15.5. The molecular weight excluding hydrogens is 316 g/mol. The molecule has 5 heteroatoms. The van der Waals surface area contributed by atoms with Gasteiger partial charge in [-0.15, -0.1) is 11.3 Å². The molecule has 108 valence electrons. The number of aromatic nitrogens is 1. The molecule has 22 heavy (non-hydrogen) atoms. The Morgan fingerprint density at radius 1 is 1.23 bits per heavy atom. The fourth-order valence-corrected chi connectivity index (χ4v) is 3.09. The van der Waals surface area contributed by atoms with Gasteiger partial charge in [0.05, 0.1) is 23.2 Å². The molecule has 0 bridgehead atoms. The lowest BCUT2D eigenvalue weighted by molar-refractivity contribution is 0.415. The number of hydrogen-bond donors (Lipinski definition) is 0. The van der Waals surface area contributed by atoms with Crippen molar-refractivity contribution in [2.45, 2.75) is 0 Å². The number of nitriles is 1. The highest BCUT2D eigenvalue weighted by molar-refractivity contribution is 7.13. The largest absolute Gasteiger partial charge is 0.497 e. The maximum Gasteiger partial charge on any atom is 0.148 e. The van der Waals surface area contributed by atoms with Crippen LogP contribution >= 0.6 is 22.9 Å². The number of benzene rings is 1. The molecule has 0 N–H and O–H groups in total. The van der Waals surface area contributed by atoms with Gasteiger partial charge in [0, 0.05) is 5.56 Å². The van der Waals surface area contributed by atoms with Crippen molar-refractivity contribution in [1.82, 2.24) is 4.98 Å². The summed E-state index contributed by atoms with van der Waals surface area (Å²) in [5.74, 6) is 0.765. The van der Waals surface area contributed by atoms with Crippen molar-refractivity contribution in [3.05, 3.63) is 58.6 Å². The van der Waals surface area contributed by atoms with Gasteiger partial charge in [-0.3, -0.25) is 0 Å². The van der Waals surface area contributed by atoms with Crippen LogP contribution in [0.3, 0.4) is 0 Å². The molecule has 0 aliphatic heterocycles. The molecule has 1 aromatic carbocycles. The van der Waals surface area contributed by atoms with E-state index in [4.69, 9.17) is 16.3 Å². The van der Waals surface area contributed by atoms with Crippen molar-refractivity contribution in [1.29, 1.82) is 5.26 Å². The van der Waals surface area contributed by atoms with Crippen LogP contribution in [0.15, 0.2) is 47.8 Å². The average Bonchev–Trinajstić information content (AvgIpc) is 3.08. The van der Waals surface area contributed by atoms with Gasteiger partial charge in [-0.25, -0.2) is 4.98 Å². The van der Waals surface area contributed by atoms with Crippen LogP contribution in [0.4, 0.5) is 0 Å². The minimum Gasteiger partial charge on any atom is -0.497 e. The van der Waals surface area contributed by atoms with Gasteiger partial charge in [-0.2, -0.15) is 5.26 Å². The maximum absolute atomic E-state index is 9.39. The lowest BCUT2D eigenvalue weighted by Gasteiger charge is -2.09. The van der Waals surface area contributed by atoms with Gasteiger partial charge in [0.2, 0.25) is 0 Å². The fourth-order valence-electron chi connectivity index (χ4n) is 2.17. The predicted octanol–water partition coefficient (Wildman–Crippen LogP) is 5.01. The first-order chi connectivity index (χ1) is 10.7. The highest BCUT2D eigenvalue weighted by Crippen LogP contribution is 2.34. The van der Waals surface area contributed by atoms with E-state index in [2.05, 4.69) is 11.1 Å². The fraction of sp³-hybridized carbons (Fsp3) is 0.0588. The molecular formula is C17H11ClN2OS. The Morgan fingerprint density at radius 3 is 2.59 bits per heavy atom. The van der Waals surface area contributed by atoms with Crippen LogP contribution in [0, 0.1) is 11.3 Å². The van der Waals surface area contributed by atoms with Gasteiger partial charge >= 0.3 is 0 Å². The van der Waals surface area contributed by atoms with Crippen LogP contribution in [-0.2, 0) is 0 Å². The summed E-state index contributed by atoms with van der Waals surface area (Å²) in [7, 11) is 1.62. The second-order valence-electron chi connectivity index (χ2n) is 4.54.